The molecule has 142 valence electrons. The number of benzene rings is 2. The van der Waals surface area contributed by atoms with Crippen LogP contribution in [0.1, 0.15) is 34.6 Å². The molecule has 3 N–H and O–H groups in total. The molecule has 27 heavy (non-hydrogen) atoms. The quantitative estimate of drug-likeness (QED) is 0.570. The second-order valence-corrected chi connectivity index (χ2v) is 7.30. The highest BCUT2D eigenvalue weighted by atomic mass is 32.2. The summed E-state index contributed by atoms with van der Waals surface area (Å²) >= 11 is 0. The molecular weight excluding hydrogens is 372 g/mol. The summed E-state index contributed by atoms with van der Waals surface area (Å²) < 4.78 is 27.6. The number of hydrogen-bond donors (Lipinski definition) is 2. The standard InChI is InChI=1S/C18H18N2O6S/c1-11(17(22)13-3-7-15(8-4-13)20-12(2)21)26-18(23)14-5-9-16(10-6-14)27(19,24)25/h3-11H,1-2H3,(H,20,21)(H2,19,24,25)/t11-/m0/s1. The number of Topliss-reactive ketones (excluding diaryl/α,β-unsaturated/α-hetero) is 1. The number of ether oxygens (including phenoxy) is 1. The molecule has 9 heteroatoms. The van der Waals surface area contributed by atoms with Crippen LogP contribution in [0.25, 0.3) is 0 Å². The van der Waals surface area contributed by atoms with Gasteiger partial charge in [0.05, 0.1) is 10.5 Å². The topological polar surface area (TPSA) is 133 Å². The average molecular weight is 390 g/mol. The second-order valence-electron chi connectivity index (χ2n) is 5.74. The number of ketones is 1. The molecule has 1 atom stereocenters. The minimum atomic E-state index is -3.86. The van der Waals surface area contributed by atoms with Crippen molar-refractivity contribution in [3.8, 4) is 0 Å². The van der Waals surface area contributed by atoms with E-state index in [4.69, 9.17) is 9.88 Å². The Morgan fingerprint density at radius 1 is 0.963 bits per heavy atom. The number of rotatable bonds is 6. The maximum Gasteiger partial charge on any atom is 0.338 e. The van der Waals surface area contributed by atoms with Crippen LogP contribution in [-0.2, 0) is 19.6 Å². The van der Waals surface area contributed by atoms with Crippen molar-refractivity contribution in [3.63, 3.8) is 0 Å². The summed E-state index contributed by atoms with van der Waals surface area (Å²) in [5.74, 6) is -1.42. The van der Waals surface area contributed by atoms with Gasteiger partial charge in [-0.15, -0.1) is 0 Å². The zero-order chi connectivity index (χ0) is 20.2. The van der Waals surface area contributed by atoms with Crippen LogP contribution >= 0.6 is 0 Å². The first-order valence-electron chi connectivity index (χ1n) is 7.83. The lowest BCUT2D eigenvalue weighted by Gasteiger charge is -2.13. The molecule has 0 fully saturated rings. The molecule has 0 aliphatic carbocycles. The summed E-state index contributed by atoms with van der Waals surface area (Å²) in [6.07, 6.45) is -1.05. The molecule has 0 aliphatic heterocycles. The number of carbonyl (C=O) groups excluding carboxylic acids is 3. The Hall–Kier alpha value is -3.04. The molecule has 0 bridgehead atoms. The van der Waals surface area contributed by atoms with Gasteiger partial charge in [0.2, 0.25) is 21.7 Å². The van der Waals surface area contributed by atoms with Crippen LogP contribution < -0.4 is 10.5 Å². The van der Waals surface area contributed by atoms with E-state index < -0.39 is 27.9 Å². The van der Waals surface area contributed by atoms with Crippen molar-refractivity contribution in [1.29, 1.82) is 0 Å². The first kappa shape index (κ1) is 20.3. The van der Waals surface area contributed by atoms with Gasteiger partial charge in [0.25, 0.3) is 0 Å². The molecule has 0 aromatic heterocycles. The van der Waals surface area contributed by atoms with Gasteiger partial charge in [-0.2, -0.15) is 0 Å². The van der Waals surface area contributed by atoms with E-state index in [0.29, 0.717) is 11.3 Å². The maximum atomic E-state index is 12.4. The third kappa shape index (κ3) is 5.47. The Kier molecular flexibility index (Phi) is 6.09. The van der Waals surface area contributed by atoms with E-state index in [2.05, 4.69) is 5.32 Å². The third-order valence-electron chi connectivity index (χ3n) is 3.56. The van der Waals surface area contributed by atoms with Gasteiger partial charge >= 0.3 is 5.97 Å². The van der Waals surface area contributed by atoms with Crippen LogP contribution in [0.15, 0.2) is 53.4 Å². The van der Waals surface area contributed by atoms with Crippen molar-refractivity contribution in [1.82, 2.24) is 0 Å². The predicted octanol–water partition coefficient (Wildman–Crippen LogP) is 1.72. The fraction of sp³-hybridized carbons (Fsp3) is 0.167. The van der Waals surface area contributed by atoms with E-state index in [1.165, 1.54) is 50.2 Å². The summed E-state index contributed by atoms with van der Waals surface area (Å²) in [7, 11) is -3.86. The predicted molar refractivity (Wildman–Crippen MR) is 97.8 cm³/mol. The van der Waals surface area contributed by atoms with Crippen molar-refractivity contribution in [2.45, 2.75) is 24.8 Å². The van der Waals surface area contributed by atoms with Crippen molar-refractivity contribution in [3.05, 3.63) is 59.7 Å². The lowest BCUT2D eigenvalue weighted by atomic mass is 10.1. The largest absolute Gasteiger partial charge is 0.451 e. The van der Waals surface area contributed by atoms with Gasteiger partial charge in [-0.05, 0) is 55.5 Å². The molecule has 1 amide bonds. The fourth-order valence-corrected chi connectivity index (χ4v) is 2.73. The number of anilines is 1. The smallest absolute Gasteiger partial charge is 0.338 e. The van der Waals surface area contributed by atoms with E-state index in [1.54, 1.807) is 12.1 Å². The molecule has 8 nitrogen and oxygen atoms in total. The Morgan fingerprint density at radius 2 is 1.48 bits per heavy atom. The van der Waals surface area contributed by atoms with Crippen LogP contribution in [0.4, 0.5) is 5.69 Å². The highest BCUT2D eigenvalue weighted by Crippen LogP contribution is 2.15. The molecule has 0 saturated heterocycles. The highest BCUT2D eigenvalue weighted by molar-refractivity contribution is 7.89. The number of primary sulfonamides is 1. The van der Waals surface area contributed by atoms with E-state index >= 15 is 0 Å². The monoisotopic (exact) mass is 390 g/mol. The number of amides is 1. The normalized spacial score (nSPS) is 12.1. The Bertz CT molecular complexity index is 966. The molecule has 2 aromatic carbocycles. The molecule has 2 rings (SSSR count). The van der Waals surface area contributed by atoms with Crippen LogP contribution in [0.2, 0.25) is 0 Å². The number of nitrogens with two attached hydrogens (primary N) is 1. The lowest BCUT2D eigenvalue weighted by Crippen LogP contribution is -2.24. The second kappa shape index (κ2) is 8.11. The molecule has 0 saturated carbocycles. The zero-order valence-electron chi connectivity index (χ0n) is 14.6. The van der Waals surface area contributed by atoms with Gasteiger partial charge in [-0.1, -0.05) is 0 Å². The van der Waals surface area contributed by atoms with E-state index in [-0.39, 0.29) is 16.4 Å². The van der Waals surface area contributed by atoms with Crippen molar-refractivity contribution >= 4 is 33.4 Å². The van der Waals surface area contributed by atoms with Crippen LogP contribution in [0.5, 0.6) is 0 Å². The van der Waals surface area contributed by atoms with Gasteiger partial charge in [0, 0.05) is 18.2 Å². The van der Waals surface area contributed by atoms with Gasteiger partial charge in [-0.3, -0.25) is 9.59 Å². The van der Waals surface area contributed by atoms with Gasteiger partial charge in [0.1, 0.15) is 0 Å². The van der Waals surface area contributed by atoms with Gasteiger partial charge < -0.3 is 10.1 Å². The summed E-state index contributed by atoms with van der Waals surface area (Å²) in [6.45, 7) is 2.80. The fourth-order valence-electron chi connectivity index (χ4n) is 2.22. The number of nitrogens with one attached hydrogen (secondary N) is 1. The Labute approximate surface area is 156 Å². The number of sulfonamides is 1. The van der Waals surface area contributed by atoms with Gasteiger partial charge in [0.15, 0.2) is 6.10 Å². The van der Waals surface area contributed by atoms with Crippen LogP contribution in [0.3, 0.4) is 0 Å². The summed E-state index contributed by atoms with van der Waals surface area (Å²) in [5, 5.41) is 7.57. The SMILES string of the molecule is CC(=O)Nc1ccc(C(=O)[C@H](C)OC(=O)c2ccc(S(N)(=O)=O)cc2)cc1. The Balaban J connectivity index is 2.05. The minimum absolute atomic E-state index is 0.0862. The first-order valence-corrected chi connectivity index (χ1v) is 9.38. The van der Waals surface area contributed by atoms with Crippen molar-refractivity contribution in [2.24, 2.45) is 5.14 Å². The molecule has 0 unspecified atom stereocenters. The molecule has 0 spiro atoms. The molecule has 0 aliphatic rings. The lowest BCUT2D eigenvalue weighted by molar-refractivity contribution is -0.114. The zero-order valence-corrected chi connectivity index (χ0v) is 15.4. The highest BCUT2D eigenvalue weighted by Gasteiger charge is 2.21. The number of hydrogen-bond acceptors (Lipinski definition) is 6. The maximum absolute atomic E-state index is 12.4. The van der Waals surface area contributed by atoms with Crippen molar-refractivity contribution in [2.75, 3.05) is 5.32 Å². The molecule has 0 heterocycles. The van der Waals surface area contributed by atoms with E-state index in [9.17, 15) is 22.8 Å². The molecular formula is C18H18N2O6S. The van der Waals surface area contributed by atoms with E-state index in [1.807, 2.05) is 0 Å². The van der Waals surface area contributed by atoms with Gasteiger partial charge in [-0.25, -0.2) is 18.4 Å². The first-order chi connectivity index (χ1) is 12.6. The summed E-state index contributed by atoms with van der Waals surface area (Å²) in [6, 6.07) is 11.0. The van der Waals surface area contributed by atoms with Crippen molar-refractivity contribution < 1.29 is 27.5 Å². The summed E-state index contributed by atoms with van der Waals surface area (Å²) in [5.41, 5.74) is 0.940. The molecule has 0 radical (unpaired) electrons. The average Bonchev–Trinajstić information content (AvgIpc) is 2.60. The van der Waals surface area contributed by atoms with Crippen LogP contribution in [0, 0.1) is 0 Å². The Morgan fingerprint density at radius 3 is 1.96 bits per heavy atom. The number of esters is 1. The summed E-state index contributed by atoms with van der Waals surface area (Å²) in [4.78, 5) is 35.4. The third-order valence-corrected chi connectivity index (χ3v) is 4.49. The minimum Gasteiger partial charge on any atom is -0.451 e. The number of carbonyl (C=O) groups is 3. The molecule has 2 aromatic rings. The van der Waals surface area contributed by atoms with Crippen LogP contribution in [-0.4, -0.2) is 32.2 Å². The van der Waals surface area contributed by atoms with E-state index in [0.717, 1.165) is 0 Å².